The van der Waals surface area contributed by atoms with E-state index in [4.69, 9.17) is 0 Å². The first-order chi connectivity index (χ1) is 13.2. The molecule has 0 unspecified atom stereocenters. The fourth-order valence-electron chi connectivity index (χ4n) is 4.25. The summed E-state index contributed by atoms with van der Waals surface area (Å²) < 4.78 is 13.0. The zero-order valence-electron chi connectivity index (χ0n) is 15.5. The van der Waals surface area contributed by atoms with Crippen molar-refractivity contribution in [3.05, 3.63) is 51.7 Å². The van der Waals surface area contributed by atoms with Crippen LogP contribution in [0.1, 0.15) is 65.4 Å². The van der Waals surface area contributed by atoms with Gasteiger partial charge in [0.25, 0.3) is 5.91 Å². The number of aromatic nitrogens is 1. The number of hydrogen-bond donors (Lipinski definition) is 1. The Labute approximate surface area is 163 Å². The number of thiazole rings is 1. The molecule has 1 amide bonds. The van der Waals surface area contributed by atoms with Crippen LogP contribution in [0.5, 0.6) is 0 Å². The Morgan fingerprint density at radius 2 is 1.85 bits per heavy atom. The molecule has 2 aliphatic rings. The Hall–Kier alpha value is -1.79. The largest absolute Gasteiger partial charge is 0.348 e. The minimum absolute atomic E-state index is 0.0522. The topological polar surface area (TPSA) is 45.2 Å². The van der Waals surface area contributed by atoms with Crippen molar-refractivity contribution in [3.63, 3.8) is 0 Å². The van der Waals surface area contributed by atoms with Crippen molar-refractivity contribution in [1.82, 2.24) is 15.2 Å². The van der Waals surface area contributed by atoms with Gasteiger partial charge < -0.3 is 5.32 Å². The molecule has 0 atom stereocenters. The molecule has 6 heteroatoms. The van der Waals surface area contributed by atoms with Crippen molar-refractivity contribution in [2.75, 3.05) is 13.1 Å². The van der Waals surface area contributed by atoms with E-state index in [9.17, 15) is 9.18 Å². The third-order valence-corrected chi connectivity index (χ3v) is 6.63. The van der Waals surface area contributed by atoms with Crippen LogP contribution >= 0.6 is 11.3 Å². The number of amides is 1. The quantitative estimate of drug-likeness (QED) is 0.830. The number of halogens is 1. The van der Waals surface area contributed by atoms with Gasteiger partial charge in [-0.3, -0.25) is 9.69 Å². The predicted octanol–water partition coefficient (Wildman–Crippen LogP) is 4.33. The lowest BCUT2D eigenvalue weighted by Crippen LogP contribution is -2.44. The van der Waals surface area contributed by atoms with E-state index in [2.05, 4.69) is 15.2 Å². The average Bonchev–Trinajstić information content (AvgIpc) is 3.36. The molecular weight excluding hydrogens is 361 g/mol. The highest BCUT2D eigenvalue weighted by molar-refractivity contribution is 7.11. The zero-order valence-corrected chi connectivity index (χ0v) is 16.3. The molecule has 4 nitrogen and oxygen atoms in total. The third-order valence-electron chi connectivity index (χ3n) is 5.79. The van der Waals surface area contributed by atoms with E-state index in [-0.39, 0.29) is 17.8 Å². The summed E-state index contributed by atoms with van der Waals surface area (Å²) in [4.78, 5) is 20.4. The predicted molar refractivity (Wildman–Crippen MR) is 105 cm³/mol. The number of carbonyl (C=O) groups is 1. The lowest BCUT2D eigenvalue weighted by atomic mass is 10.0. The van der Waals surface area contributed by atoms with Crippen molar-refractivity contribution in [2.45, 2.75) is 57.0 Å². The van der Waals surface area contributed by atoms with Gasteiger partial charge in [-0.1, -0.05) is 25.0 Å². The number of rotatable bonds is 5. The van der Waals surface area contributed by atoms with Gasteiger partial charge in [0.2, 0.25) is 0 Å². The fraction of sp³-hybridized carbons (Fsp3) is 0.524. The van der Waals surface area contributed by atoms with E-state index in [1.807, 2.05) is 17.6 Å². The minimum Gasteiger partial charge on any atom is -0.348 e. The number of nitrogens with one attached hydrogen (secondary N) is 1. The number of carbonyl (C=O) groups excluding carboxylic acids is 1. The molecule has 4 rings (SSSR count). The maximum atomic E-state index is 13.0. The maximum Gasteiger partial charge on any atom is 0.263 e. The molecule has 1 N–H and O–H groups in total. The molecule has 1 saturated heterocycles. The highest BCUT2D eigenvalue weighted by Gasteiger charge is 2.27. The van der Waals surface area contributed by atoms with Crippen LogP contribution in [0.15, 0.2) is 29.8 Å². The van der Waals surface area contributed by atoms with Gasteiger partial charge in [0.15, 0.2) is 0 Å². The smallest absolute Gasteiger partial charge is 0.263 e. The molecule has 144 valence electrons. The minimum atomic E-state index is -0.194. The summed E-state index contributed by atoms with van der Waals surface area (Å²) in [7, 11) is 0. The van der Waals surface area contributed by atoms with Crippen LogP contribution in [0.4, 0.5) is 4.39 Å². The molecule has 27 heavy (non-hydrogen) atoms. The second-order valence-electron chi connectivity index (χ2n) is 7.70. The molecule has 0 spiro atoms. The first-order valence-electron chi connectivity index (χ1n) is 9.90. The molecule has 1 saturated carbocycles. The van der Waals surface area contributed by atoms with Crippen molar-refractivity contribution < 1.29 is 9.18 Å². The van der Waals surface area contributed by atoms with Crippen molar-refractivity contribution >= 4 is 17.2 Å². The fourth-order valence-corrected chi connectivity index (χ4v) is 5.03. The Morgan fingerprint density at radius 1 is 1.15 bits per heavy atom. The van der Waals surface area contributed by atoms with Gasteiger partial charge in [-0.25, -0.2) is 9.37 Å². The van der Waals surface area contributed by atoms with Gasteiger partial charge in [-0.05, 0) is 43.4 Å². The van der Waals surface area contributed by atoms with Gasteiger partial charge in [-0.15, -0.1) is 11.3 Å². The van der Waals surface area contributed by atoms with Crippen LogP contribution in [0.25, 0.3) is 0 Å². The summed E-state index contributed by atoms with van der Waals surface area (Å²) in [5.41, 5.74) is 3.96. The molecule has 0 bridgehead atoms. The highest BCUT2D eigenvalue weighted by atomic mass is 32.1. The zero-order chi connectivity index (χ0) is 18.6. The first-order valence-corrected chi connectivity index (χ1v) is 10.8. The molecule has 2 fully saturated rings. The van der Waals surface area contributed by atoms with E-state index < -0.39 is 0 Å². The number of hydrogen-bond acceptors (Lipinski definition) is 4. The van der Waals surface area contributed by atoms with E-state index in [1.54, 1.807) is 0 Å². The molecule has 1 aliphatic heterocycles. The SMILES string of the molecule is O=C(NC1CCN(Cc2ccc(F)cc2)CC1)c1scnc1C1CCCC1. The molecule has 1 aliphatic carbocycles. The average molecular weight is 388 g/mol. The normalized spacial score (nSPS) is 19.4. The Morgan fingerprint density at radius 3 is 2.56 bits per heavy atom. The molecule has 1 aromatic heterocycles. The Kier molecular flexibility index (Phi) is 5.83. The van der Waals surface area contributed by atoms with Gasteiger partial charge in [-0.2, -0.15) is 0 Å². The van der Waals surface area contributed by atoms with Crippen molar-refractivity contribution in [2.24, 2.45) is 0 Å². The number of piperidine rings is 1. The maximum absolute atomic E-state index is 13.0. The second kappa shape index (κ2) is 8.48. The van der Waals surface area contributed by atoms with Crippen LogP contribution in [-0.4, -0.2) is 34.9 Å². The lowest BCUT2D eigenvalue weighted by molar-refractivity contribution is 0.0911. The van der Waals surface area contributed by atoms with E-state index in [0.29, 0.717) is 5.92 Å². The second-order valence-corrected chi connectivity index (χ2v) is 8.55. The number of nitrogens with zero attached hydrogens (tertiary/aromatic N) is 2. The van der Waals surface area contributed by atoms with Gasteiger partial charge >= 0.3 is 0 Å². The first kappa shape index (κ1) is 18.6. The monoisotopic (exact) mass is 387 g/mol. The summed E-state index contributed by atoms with van der Waals surface area (Å²) >= 11 is 1.47. The highest BCUT2D eigenvalue weighted by Crippen LogP contribution is 2.36. The van der Waals surface area contributed by atoms with Crippen molar-refractivity contribution in [1.29, 1.82) is 0 Å². The summed E-state index contributed by atoms with van der Waals surface area (Å²) in [6, 6.07) is 6.94. The van der Waals surface area contributed by atoms with E-state index in [0.717, 1.165) is 61.5 Å². The van der Waals surface area contributed by atoms with Gasteiger partial charge in [0.1, 0.15) is 10.7 Å². The van der Waals surface area contributed by atoms with Gasteiger partial charge in [0.05, 0.1) is 11.2 Å². The summed E-state index contributed by atoms with van der Waals surface area (Å²) in [6.45, 7) is 2.72. The van der Waals surface area contributed by atoms with Crippen LogP contribution < -0.4 is 5.32 Å². The van der Waals surface area contributed by atoms with Crippen LogP contribution in [0.3, 0.4) is 0 Å². The Balaban J connectivity index is 1.28. The van der Waals surface area contributed by atoms with Crippen LogP contribution in [0.2, 0.25) is 0 Å². The molecule has 2 heterocycles. The van der Waals surface area contributed by atoms with Crippen LogP contribution in [0, 0.1) is 5.82 Å². The molecular formula is C21H26FN3OS. The standard InChI is InChI=1S/C21H26FN3OS/c22-17-7-5-15(6-8-17)13-25-11-9-18(10-12-25)24-21(26)20-19(23-14-27-20)16-3-1-2-4-16/h5-8,14,16,18H,1-4,9-13H2,(H,24,26). The number of likely N-dealkylation sites (tertiary alicyclic amines) is 1. The summed E-state index contributed by atoms with van der Waals surface area (Å²) in [5, 5.41) is 3.23. The van der Waals surface area contributed by atoms with Crippen LogP contribution in [-0.2, 0) is 6.54 Å². The molecule has 0 radical (unpaired) electrons. The number of benzene rings is 1. The summed E-state index contributed by atoms with van der Waals surface area (Å²) in [5.74, 6) is 0.325. The third kappa shape index (κ3) is 4.55. The van der Waals surface area contributed by atoms with Crippen molar-refractivity contribution in [3.8, 4) is 0 Å². The lowest BCUT2D eigenvalue weighted by Gasteiger charge is -2.32. The molecule has 1 aromatic carbocycles. The Bertz CT molecular complexity index is 762. The van der Waals surface area contributed by atoms with Gasteiger partial charge in [0, 0.05) is 31.6 Å². The van der Waals surface area contributed by atoms with E-state index in [1.165, 1.54) is 36.3 Å². The van der Waals surface area contributed by atoms with E-state index >= 15 is 0 Å². The molecule has 2 aromatic rings. The summed E-state index contributed by atoms with van der Waals surface area (Å²) in [6.07, 6.45) is 6.71.